The van der Waals surface area contributed by atoms with E-state index in [1.807, 2.05) is 60.7 Å². The van der Waals surface area contributed by atoms with Gasteiger partial charge >= 0.3 is 0 Å². The molecule has 0 spiro atoms. The van der Waals surface area contributed by atoms with Gasteiger partial charge in [0.2, 0.25) is 11.4 Å². The molecule has 0 bridgehead atoms. The second kappa shape index (κ2) is 11.8. The first-order chi connectivity index (χ1) is 18.2. The number of nitrogens with zero attached hydrogens (tertiary/aromatic N) is 4. The summed E-state index contributed by atoms with van der Waals surface area (Å²) < 4.78 is 7.15. The Morgan fingerprint density at radius 3 is 2.49 bits per heavy atom. The van der Waals surface area contributed by atoms with Crippen LogP contribution in [0.4, 0.5) is 5.95 Å². The number of benzene rings is 2. The van der Waals surface area contributed by atoms with Gasteiger partial charge in [0.05, 0.1) is 18.6 Å². The molecular formula is C28H30N6O3. The highest BCUT2D eigenvalue weighted by Crippen LogP contribution is 2.17. The van der Waals surface area contributed by atoms with E-state index in [0.717, 1.165) is 50.5 Å². The van der Waals surface area contributed by atoms with Gasteiger partial charge in [-0.25, -0.2) is 4.98 Å². The summed E-state index contributed by atoms with van der Waals surface area (Å²) in [6.45, 7) is 5.21. The third-order valence-corrected chi connectivity index (χ3v) is 6.36. The lowest BCUT2D eigenvalue weighted by molar-refractivity contribution is 0.0374. The van der Waals surface area contributed by atoms with E-state index in [1.54, 1.807) is 10.8 Å². The number of hydrogen-bond acceptors (Lipinski definition) is 7. The number of hydrogen-bond donors (Lipinski definition) is 2. The maximum absolute atomic E-state index is 13.3. The van der Waals surface area contributed by atoms with Crippen LogP contribution in [0.25, 0.3) is 16.7 Å². The molecule has 1 fully saturated rings. The number of ether oxygens (including phenoxy) is 1. The van der Waals surface area contributed by atoms with Crippen LogP contribution in [-0.4, -0.2) is 64.7 Å². The van der Waals surface area contributed by atoms with Gasteiger partial charge in [0.1, 0.15) is 5.56 Å². The van der Waals surface area contributed by atoms with E-state index in [-0.39, 0.29) is 16.4 Å². The summed E-state index contributed by atoms with van der Waals surface area (Å²) in [6, 6.07) is 19.5. The van der Waals surface area contributed by atoms with Gasteiger partial charge in [0.25, 0.3) is 5.91 Å². The van der Waals surface area contributed by atoms with Crippen molar-refractivity contribution in [2.75, 3.05) is 44.7 Å². The molecule has 2 aromatic heterocycles. The second-order valence-corrected chi connectivity index (χ2v) is 8.91. The van der Waals surface area contributed by atoms with E-state index in [9.17, 15) is 9.59 Å². The van der Waals surface area contributed by atoms with E-state index in [2.05, 4.69) is 25.5 Å². The first-order valence-corrected chi connectivity index (χ1v) is 12.5. The highest BCUT2D eigenvalue weighted by molar-refractivity contribution is 5.97. The van der Waals surface area contributed by atoms with Crippen LogP contribution in [-0.2, 0) is 11.3 Å². The molecule has 1 amide bonds. The Hall–Kier alpha value is -4.08. The molecule has 0 radical (unpaired) electrons. The van der Waals surface area contributed by atoms with E-state index < -0.39 is 5.91 Å². The standard InChI is InChI=1S/C28H30N6O3/c35-25-23-19-31-28(30-18-21-8-3-1-4-9-21)32-26(23)34(22-10-5-2-6-11-22)20-24(25)27(36)29-12-7-13-33-14-16-37-17-15-33/h1-6,8-11,19-20H,7,12-18H2,(H,29,36)(H,30,31,32). The molecule has 0 unspecified atom stereocenters. The number of para-hydroxylation sites is 1. The molecule has 1 aliphatic rings. The molecule has 190 valence electrons. The highest BCUT2D eigenvalue weighted by Gasteiger charge is 2.18. The van der Waals surface area contributed by atoms with Crippen LogP contribution in [0.2, 0.25) is 0 Å². The number of morpholine rings is 1. The predicted octanol–water partition coefficient (Wildman–Crippen LogP) is 2.84. The molecule has 1 saturated heterocycles. The molecule has 4 aromatic rings. The summed E-state index contributed by atoms with van der Waals surface area (Å²) >= 11 is 0. The van der Waals surface area contributed by atoms with Crippen LogP contribution in [0.15, 0.2) is 77.9 Å². The lowest BCUT2D eigenvalue weighted by atomic mass is 10.2. The second-order valence-electron chi connectivity index (χ2n) is 8.91. The summed E-state index contributed by atoms with van der Waals surface area (Å²) in [7, 11) is 0. The van der Waals surface area contributed by atoms with Crippen LogP contribution in [0.3, 0.4) is 0 Å². The Labute approximate surface area is 215 Å². The maximum atomic E-state index is 13.3. The maximum Gasteiger partial charge on any atom is 0.256 e. The molecule has 0 aliphatic carbocycles. The predicted molar refractivity (Wildman–Crippen MR) is 143 cm³/mol. The summed E-state index contributed by atoms with van der Waals surface area (Å²) in [5, 5.41) is 6.42. The number of carbonyl (C=O) groups excluding carboxylic acids is 1. The Morgan fingerprint density at radius 1 is 1.00 bits per heavy atom. The van der Waals surface area contributed by atoms with Crippen LogP contribution in [0, 0.1) is 0 Å². The van der Waals surface area contributed by atoms with E-state index >= 15 is 0 Å². The van der Waals surface area contributed by atoms with Crippen molar-refractivity contribution >= 4 is 22.9 Å². The van der Waals surface area contributed by atoms with Crippen LogP contribution >= 0.6 is 0 Å². The number of carbonyl (C=O) groups is 1. The number of fused-ring (bicyclic) bond motifs is 1. The lowest BCUT2D eigenvalue weighted by Crippen LogP contribution is -2.38. The molecule has 0 atom stereocenters. The van der Waals surface area contributed by atoms with Crippen LogP contribution in [0.5, 0.6) is 0 Å². The van der Waals surface area contributed by atoms with Gasteiger partial charge in [-0.2, -0.15) is 4.98 Å². The van der Waals surface area contributed by atoms with Gasteiger partial charge in [-0.15, -0.1) is 0 Å². The fourth-order valence-corrected chi connectivity index (χ4v) is 4.34. The van der Waals surface area contributed by atoms with E-state index in [1.165, 1.54) is 6.20 Å². The highest BCUT2D eigenvalue weighted by atomic mass is 16.5. The first-order valence-electron chi connectivity index (χ1n) is 12.5. The van der Waals surface area contributed by atoms with E-state index in [0.29, 0.717) is 24.7 Å². The first kappa shape index (κ1) is 24.6. The molecule has 9 nitrogen and oxygen atoms in total. The number of pyridine rings is 1. The number of rotatable bonds is 9. The largest absolute Gasteiger partial charge is 0.379 e. The van der Waals surface area contributed by atoms with Gasteiger partial charge in [-0.05, 0) is 30.7 Å². The van der Waals surface area contributed by atoms with Gasteiger partial charge in [0, 0.05) is 44.3 Å². The van der Waals surface area contributed by atoms with Crippen molar-refractivity contribution in [1.82, 2.24) is 24.8 Å². The Morgan fingerprint density at radius 2 is 1.73 bits per heavy atom. The van der Waals surface area contributed by atoms with Crippen molar-refractivity contribution in [1.29, 1.82) is 0 Å². The normalized spacial score (nSPS) is 13.9. The molecule has 2 N–H and O–H groups in total. The molecule has 2 aromatic carbocycles. The smallest absolute Gasteiger partial charge is 0.256 e. The summed E-state index contributed by atoms with van der Waals surface area (Å²) in [5.74, 6) is 0.00517. The number of anilines is 1. The molecule has 1 aliphatic heterocycles. The van der Waals surface area contributed by atoms with Crippen molar-refractivity contribution in [3.8, 4) is 5.69 Å². The van der Waals surface area contributed by atoms with E-state index in [4.69, 9.17) is 4.74 Å². The average molecular weight is 499 g/mol. The third kappa shape index (κ3) is 6.02. The Bertz CT molecular complexity index is 1400. The lowest BCUT2D eigenvalue weighted by Gasteiger charge is -2.26. The van der Waals surface area contributed by atoms with Crippen molar-refractivity contribution in [3.63, 3.8) is 0 Å². The number of nitrogens with one attached hydrogen (secondary N) is 2. The van der Waals surface area contributed by atoms with Crippen LogP contribution in [0.1, 0.15) is 22.3 Å². The minimum atomic E-state index is -0.398. The molecule has 37 heavy (non-hydrogen) atoms. The van der Waals surface area contributed by atoms with Crippen molar-refractivity contribution < 1.29 is 9.53 Å². The molecule has 9 heteroatoms. The number of amides is 1. The van der Waals surface area contributed by atoms with Gasteiger partial charge in [0.15, 0.2) is 5.65 Å². The van der Waals surface area contributed by atoms with Gasteiger partial charge < -0.3 is 19.9 Å². The Balaban J connectivity index is 1.39. The zero-order valence-corrected chi connectivity index (χ0v) is 20.6. The average Bonchev–Trinajstić information content (AvgIpc) is 2.96. The Kier molecular flexibility index (Phi) is 7.83. The van der Waals surface area contributed by atoms with Crippen molar-refractivity contribution in [2.24, 2.45) is 0 Å². The van der Waals surface area contributed by atoms with Crippen molar-refractivity contribution in [2.45, 2.75) is 13.0 Å². The topological polar surface area (TPSA) is 101 Å². The summed E-state index contributed by atoms with van der Waals surface area (Å²) in [6.07, 6.45) is 3.86. The molecule has 3 heterocycles. The fourth-order valence-electron chi connectivity index (χ4n) is 4.34. The van der Waals surface area contributed by atoms with Crippen LogP contribution < -0.4 is 16.1 Å². The number of aromatic nitrogens is 3. The van der Waals surface area contributed by atoms with Gasteiger partial charge in [-0.1, -0.05) is 48.5 Å². The summed E-state index contributed by atoms with van der Waals surface area (Å²) in [5.41, 5.74) is 2.00. The van der Waals surface area contributed by atoms with Gasteiger partial charge in [-0.3, -0.25) is 14.5 Å². The minimum absolute atomic E-state index is 0.0660. The fraction of sp³-hybridized carbons (Fsp3) is 0.286. The monoisotopic (exact) mass is 498 g/mol. The van der Waals surface area contributed by atoms with Crippen molar-refractivity contribution in [3.05, 3.63) is 94.4 Å². The SMILES string of the molecule is O=C(NCCCN1CCOCC1)c1cn(-c2ccccc2)c2nc(NCc3ccccc3)ncc2c1=O. The molecule has 5 rings (SSSR count). The summed E-state index contributed by atoms with van der Waals surface area (Å²) in [4.78, 5) is 37.7. The minimum Gasteiger partial charge on any atom is -0.379 e. The quantitative estimate of drug-likeness (QED) is 0.342. The third-order valence-electron chi connectivity index (χ3n) is 6.36. The molecule has 0 saturated carbocycles. The molecular weight excluding hydrogens is 468 g/mol. The zero-order valence-electron chi connectivity index (χ0n) is 20.6. The zero-order chi connectivity index (χ0) is 25.5.